The Morgan fingerprint density at radius 2 is 2.32 bits per heavy atom. The molecule has 2 atom stereocenters. The molecule has 0 amide bonds. The first-order valence-electron chi connectivity index (χ1n) is 6.44. The van der Waals surface area contributed by atoms with Crippen molar-refractivity contribution in [1.82, 2.24) is 5.32 Å². The summed E-state index contributed by atoms with van der Waals surface area (Å²) < 4.78 is 28.2. The molecule has 3 N–H and O–H groups in total. The van der Waals surface area contributed by atoms with E-state index in [-0.39, 0.29) is 17.0 Å². The summed E-state index contributed by atoms with van der Waals surface area (Å²) in [6.07, 6.45) is 2.46. The summed E-state index contributed by atoms with van der Waals surface area (Å²) in [4.78, 5) is 0.149. The van der Waals surface area contributed by atoms with Crippen molar-refractivity contribution < 1.29 is 13.2 Å². The zero-order chi connectivity index (χ0) is 13.9. The predicted molar refractivity (Wildman–Crippen MR) is 73.2 cm³/mol. The molecule has 1 aromatic rings. The Kier molecular flexibility index (Phi) is 4.57. The van der Waals surface area contributed by atoms with Gasteiger partial charge in [0.15, 0.2) is 0 Å². The maximum absolute atomic E-state index is 11.3. The van der Waals surface area contributed by atoms with Crippen LogP contribution in [0.3, 0.4) is 0 Å². The second-order valence-electron chi connectivity index (χ2n) is 4.88. The third kappa shape index (κ3) is 4.01. The molecule has 0 saturated carbocycles. The van der Waals surface area contributed by atoms with Gasteiger partial charge in [0.05, 0.1) is 11.0 Å². The van der Waals surface area contributed by atoms with Gasteiger partial charge in [-0.1, -0.05) is 12.1 Å². The molecule has 1 fully saturated rings. The minimum atomic E-state index is -3.64. The summed E-state index contributed by atoms with van der Waals surface area (Å²) in [7, 11) is -3.64. The van der Waals surface area contributed by atoms with E-state index in [0.717, 1.165) is 31.6 Å². The van der Waals surface area contributed by atoms with Crippen LogP contribution in [0.4, 0.5) is 0 Å². The van der Waals surface area contributed by atoms with Gasteiger partial charge in [0.25, 0.3) is 0 Å². The average Bonchev–Trinajstić information content (AvgIpc) is 2.88. The highest BCUT2D eigenvalue weighted by atomic mass is 32.2. The SMILES string of the molecule is CC(NCC1CCCO1)c1cccc(S(N)(=O)=O)c1. The number of nitrogens with two attached hydrogens (primary N) is 1. The van der Waals surface area contributed by atoms with Crippen LogP contribution in [0.2, 0.25) is 0 Å². The van der Waals surface area contributed by atoms with E-state index in [1.54, 1.807) is 12.1 Å². The molecule has 1 aliphatic heterocycles. The third-order valence-corrected chi connectivity index (χ3v) is 4.27. The van der Waals surface area contributed by atoms with Crippen LogP contribution < -0.4 is 10.5 Å². The van der Waals surface area contributed by atoms with E-state index >= 15 is 0 Å². The standard InChI is InChI=1S/C13H20N2O3S/c1-10(15-9-12-5-3-7-18-12)11-4-2-6-13(8-11)19(14,16)17/h2,4,6,8,10,12,15H,3,5,7,9H2,1H3,(H2,14,16,17). The molecule has 1 aromatic carbocycles. The highest BCUT2D eigenvalue weighted by Gasteiger charge is 2.17. The zero-order valence-electron chi connectivity index (χ0n) is 11.0. The monoisotopic (exact) mass is 284 g/mol. The van der Waals surface area contributed by atoms with E-state index < -0.39 is 10.0 Å². The Balaban J connectivity index is 2.00. The average molecular weight is 284 g/mol. The molecule has 2 unspecified atom stereocenters. The molecule has 0 spiro atoms. The quantitative estimate of drug-likeness (QED) is 0.850. The second kappa shape index (κ2) is 6.00. The van der Waals surface area contributed by atoms with E-state index in [1.807, 2.05) is 13.0 Å². The van der Waals surface area contributed by atoms with Crippen molar-refractivity contribution in [2.45, 2.75) is 36.8 Å². The van der Waals surface area contributed by atoms with Gasteiger partial charge in [-0.3, -0.25) is 0 Å². The maximum Gasteiger partial charge on any atom is 0.238 e. The topological polar surface area (TPSA) is 81.4 Å². The molecule has 5 nitrogen and oxygen atoms in total. The Morgan fingerprint density at radius 3 is 2.95 bits per heavy atom. The van der Waals surface area contributed by atoms with Crippen molar-refractivity contribution in [3.63, 3.8) is 0 Å². The zero-order valence-corrected chi connectivity index (χ0v) is 11.8. The van der Waals surface area contributed by atoms with Crippen molar-refractivity contribution >= 4 is 10.0 Å². The van der Waals surface area contributed by atoms with Gasteiger partial charge in [0, 0.05) is 19.2 Å². The van der Waals surface area contributed by atoms with E-state index in [2.05, 4.69) is 5.32 Å². The fourth-order valence-corrected chi connectivity index (χ4v) is 2.76. The van der Waals surface area contributed by atoms with Crippen molar-refractivity contribution in [3.05, 3.63) is 29.8 Å². The molecule has 1 heterocycles. The molecule has 0 aliphatic carbocycles. The Hall–Kier alpha value is -0.950. The van der Waals surface area contributed by atoms with Gasteiger partial charge >= 0.3 is 0 Å². The fraction of sp³-hybridized carbons (Fsp3) is 0.538. The normalized spacial score (nSPS) is 21.5. The van der Waals surface area contributed by atoms with Crippen molar-refractivity contribution in [2.24, 2.45) is 5.14 Å². The lowest BCUT2D eigenvalue weighted by Gasteiger charge is -2.17. The highest BCUT2D eigenvalue weighted by molar-refractivity contribution is 7.89. The number of sulfonamides is 1. The number of ether oxygens (including phenoxy) is 1. The van der Waals surface area contributed by atoms with Crippen LogP contribution in [0.15, 0.2) is 29.2 Å². The van der Waals surface area contributed by atoms with Crippen LogP contribution in [0, 0.1) is 0 Å². The molecule has 0 bridgehead atoms. The minimum absolute atomic E-state index is 0.0610. The van der Waals surface area contributed by atoms with Gasteiger partial charge in [0.1, 0.15) is 0 Å². The van der Waals surface area contributed by atoms with E-state index in [0.29, 0.717) is 0 Å². The number of rotatable bonds is 5. The van der Waals surface area contributed by atoms with Crippen molar-refractivity contribution in [3.8, 4) is 0 Å². The van der Waals surface area contributed by atoms with Gasteiger partial charge in [0.2, 0.25) is 10.0 Å². The van der Waals surface area contributed by atoms with Crippen LogP contribution in [0.25, 0.3) is 0 Å². The van der Waals surface area contributed by atoms with Gasteiger partial charge < -0.3 is 10.1 Å². The lowest BCUT2D eigenvalue weighted by atomic mass is 10.1. The molecular weight excluding hydrogens is 264 g/mol. The Labute approximate surface area is 114 Å². The lowest BCUT2D eigenvalue weighted by molar-refractivity contribution is 0.108. The summed E-state index contributed by atoms with van der Waals surface area (Å²) in [6, 6.07) is 6.78. The van der Waals surface area contributed by atoms with Gasteiger partial charge in [-0.05, 0) is 37.5 Å². The molecule has 0 radical (unpaired) electrons. The molecule has 0 aromatic heterocycles. The largest absolute Gasteiger partial charge is 0.377 e. The minimum Gasteiger partial charge on any atom is -0.377 e. The number of hydrogen-bond acceptors (Lipinski definition) is 4. The van der Waals surface area contributed by atoms with Gasteiger partial charge in [-0.15, -0.1) is 0 Å². The molecule has 19 heavy (non-hydrogen) atoms. The summed E-state index contributed by atoms with van der Waals surface area (Å²) >= 11 is 0. The van der Waals surface area contributed by atoms with Crippen LogP contribution in [0.1, 0.15) is 31.4 Å². The summed E-state index contributed by atoms with van der Waals surface area (Å²) in [5.74, 6) is 0. The highest BCUT2D eigenvalue weighted by Crippen LogP contribution is 2.18. The Morgan fingerprint density at radius 1 is 1.53 bits per heavy atom. The number of hydrogen-bond donors (Lipinski definition) is 2. The van der Waals surface area contributed by atoms with Crippen molar-refractivity contribution in [1.29, 1.82) is 0 Å². The fourth-order valence-electron chi connectivity index (χ4n) is 2.19. The maximum atomic E-state index is 11.3. The Bertz CT molecular complexity index is 524. The molecule has 1 saturated heterocycles. The third-order valence-electron chi connectivity index (χ3n) is 3.36. The summed E-state index contributed by atoms with van der Waals surface area (Å²) in [5, 5.41) is 8.49. The summed E-state index contributed by atoms with van der Waals surface area (Å²) in [5.41, 5.74) is 0.907. The van der Waals surface area contributed by atoms with Crippen LogP contribution >= 0.6 is 0 Å². The van der Waals surface area contributed by atoms with E-state index in [9.17, 15) is 8.42 Å². The number of benzene rings is 1. The lowest BCUT2D eigenvalue weighted by Crippen LogP contribution is -2.28. The first-order chi connectivity index (χ1) is 8.97. The molecule has 6 heteroatoms. The van der Waals surface area contributed by atoms with E-state index in [4.69, 9.17) is 9.88 Å². The molecule has 1 aliphatic rings. The number of nitrogens with one attached hydrogen (secondary N) is 1. The summed E-state index contributed by atoms with van der Waals surface area (Å²) in [6.45, 7) is 3.61. The van der Waals surface area contributed by atoms with Crippen molar-refractivity contribution in [2.75, 3.05) is 13.2 Å². The second-order valence-corrected chi connectivity index (χ2v) is 6.44. The molecular formula is C13H20N2O3S. The predicted octanol–water partition coefficient (Wildman–Crippen LogP) is 1.16. The van der Waals surface area contributed by atoms with Gasteiger partial charge in [-0.25, -0.2) is 13.6 Å². The molecule has 2 rings (SSSR count). The van der Waals surface area contributed by atoms with Crippen LogP contribution in [0.5, 0.6) is 0 Å². The first kappa shape index (κ1) is 14.5. The smallest absolute Gasteiger partial charge is 0.238 e. The van der Waals surface area contributed by atoms with Gasteiger partial charge in [-0.2, -0.15) is 0 Å². The molecule has 106 valence electrons. The van der Waals surface area contributed by atoms with Crippen LogP contribution in [-0.4, -0.2) is 27.7 Å². The van der Waals surface area contributed by atoms with Crippen LogP contribution in [-0.2, 0) is 14.8 Å². The first-order valence-corrected chi connectivity index (χ1v) is 7.99. The number of primary sulfonamides is 1. The van der Waals surface area contributed by atoms with E-state index in [1.165, 1.54) is 6.07 Å².